The number of nitrogens with one attached hydrogen (secondary N) is 1. The number of halogens is 1. The molecule has 2 aromatic rings. The van der Waals surface area contributed by atoms with Gasteiger partial charge in [-0.25, -0.2) is 0 Å². The quantitative estimate of drug-likeness (QED) is 0.841. The number of amides is 1. The van der Waals surface area contributed by atoms with Crippen molar-refractivity contribution in [2.75, 3.05) is 0 Å². The number of aryl methyl sites for hydroxylation is 1. The van der Waals surface area contributed by atoms with Gasteiger partial charge in [-0.3, -0.25) is 4.79 Å². The molecule has 0 spiro atoms. The van der Waals surface area contributed by atoms with Crippen LogP contribution >= 0.6 is 15.9 Å². The van der Waals surface area contributed by atoms with E-state index in [1.54, 1.807) is 12.2 Å². The maximum Gasteiger partial charge on any atom is 0.244 e. The molecule has 20 heavy (non-hydrogen) atoms. The van der Waals surface area contributed by atoms with Gasteiger partial charge in [0.1, 0.15) is 0 Å². The Kier molecular flexibility index (Phi) is 5.13. The molecule has 0 saturated carbocycles. The summed E-state index contributed by atoms with van der Waals surface area (Å²) >= 11 is 3.45. The van der Waals surface area contributed by atoms with Crippen LogP contribution in [-0.2, 0) is 11.3 Å². The molecule has 1 amide bonds. The second-order valence-corrected chi connectivity index (χ2v) is 5.41. The molecule has 0 bridgehead atoms. The lowest BCUT2D eigenvalue weighted by Gasteiger charge is -2.03. The van der Waals surface area contributed by atoms with Crippen LogP contribution in [0.1, 0.15) is 16.7 Å². The molecule has 0 aliphatic carbocycles. The van der Waals surface area contributed by atoms with E-state index in [4.69, 9.17) is 0 Å². The van der Waals surface area contributed by atoms with E-state index in [0.717, 1.165) is 15.6 Å². The van der Waals surface area contributed by atoms with Crippen LogP contribution in [0.5, 0.6) is 0 Å². The van der Waals surface area contributed by atoms with Gasteiger partial charge in [-0.1, -0.05) is 64.0 Å². The average molecular weight is 330 g/mol. The number of carbonyl (C=O) groups is 1. The third-order valence-electron chi connectivity index (χ3n) is 2.91. The molecule has 0 saturated heterocycles. The second kappa shape index (κ2) is 7.06. The number of benzene rings is 2. The second-order valence-electron chi connectivity index (χ2n) is 4.56. The highest BCUT2D eigenvalue weighted by Gasteiger charge is 1.98. The lowest BCUT2D eigenvalue weighted by molar-refractivity contribution is -0.116. The average Bonchev–Trinajstić information content (AvgIpc) is 2.46. The first-order valence-corrected chi connectivity index (χ1v) is 7.20. The van der Waals surface area contributed by atoms with E-state index in [1.807, 2.05) is 55.5 Å². The highest BCUT2D eigenvalue weighted by Crippen LogP contribution is 2.16. The zero-order valence-corrected chi connectivity index (χ0v) is 12.9. The summed E-state index contributed by atoms with van der Waals surface area (Å²) in [4.78, 5) is 11.8. The molecule has 0 heterocycles. The van der Waals surface area contributed by atoms with Gasteiger partial charge in [0.2, 0.25) is 5.91 Å². The zero-order chi connectivity index (χ0) is 14.4. The molecule has 0 radical (unpaired) electrons. The highest BCUT2D eigenvalue weighted by molar-refractivity contribution is 9.10. The lowest BCUT2D eigenvalue weighted by Crippen LogP contribution is -2.20. The minimum atomic E-state index is -0.0960. The van der Waals surface area contributed by atoms with Crippen molar-refractivity contribution >= 4 is 27.9 Å². The summed E-state index contributed by atoms with van der Waals surface area (Å²) in [6.07, 6.45) is 3.35. The topological polar surface area (TPSA) is 29.1 Å². The van der Waals surface area contributed by atoms with E-state index in [1.165, 1.54) is 5.56 Å². The largest absolute Gasteiger partial charge is 0.348 e. The molecule has 0 aromatic heterocycles. The fourth-order valence-corrected chi connectivity index (χ4v) is 2.15. The summed E-state index contributed by atoms with van der Waals surface area (Å²) in [5.74, 6) is -0.0960. The Bertz CT molecular complexity index is 617. The van der Waals surface area contributed by atoms with Crippen molar-refractivity contribution in [3.63, 3.8) is 0 Å². The molecule has 2 aromatic carbocycles. The zero-order valence-electron chi connectivity index (χ0n) is 11.3. The van der Waals surface area contributed by atoms with Crippen molar-refractivity contribution < 1.29 is 4.79 Å². The third-order valence-corrected chi connectivity index (χ3v) is 3.63. The molecule has 0 fully saturated rings. The minimum Gasteiger partial charge on any atom is -0.348 e. The van der Waals surface area contributed by atoms with Crippen molar-refractivity contribution in [1.29, 1.82) is 0 Å². The van der Waals surface area contributed by atoms with Crippen LogP contribution in [0.3, 0.4) is 0 Å². The first kappa shape index (κ1) is 14.5. The van der Waals surface area contributed by atoms with Crippen LogP contribution < -0.4 is 5.32 Å². The van der Waals surface area contributed by atoms with Crippen LogP contribution in [0.2, 0.25) is 0 Å². The standard InChI is InChI=1S/C17H16BrNO/c1-13-6-8-14(9-7-13)12-19-17(20)11-10-15-4-2-3-5-16(15)18/h2-11H,12H2,1H3,(H,19,20)/b11-10+. The number of hydrogen-bond donors (Lipinski definition) is 1. The van der Waals surface area contributed by atoms with E-state index in [0.29, 0.717) is 6.54 Å². The number of hydrogen-bond acceptors (Lipinski definition) is 1. The van der Waals surface area contributed by atoms with Gasteiger partial charge in [-0.2, -0.15) is 0 Å². The van der Waals surface area contributed by atoms with Crippen molar-refractivity contribution in [2.45, 2.75) is 13.5 Å². The van der Waals surface area contributed by atoms with Crippen molar-refractivity contribution in [3.8, 4) is 0 Å². The molecule has 0 aliphatic rings. The van der Waals surface area contributed by atoms with E-state index >= 15 is 0 Å². The number of carbonyl (C=O) groups excluding carboxylic acids is 1. The Balaban J connectivity index is 1.90. The van der Waals surface area contributed by atoms with Gasteiger partial charge in [0.15, 0.2) is 0 Å². The molecule has 2 rings (SSSR count). The van der Waals surface area contributed by atoms with Crippen LogP contribution in [0.4, 0.5) is 0 Å². The van der Waals surface area contributed by atoms with E-state index in [9.17, 15) is 4.79 Å². The first-order chi connectivity index (χ1) is 9.65. The molecular formula is C17H16BrNO. The van der Waals surface area contributed by atoms with Crippen LogP contribution in [-0.4, -0.2) is 5.91 Å². The van der Waals surface area contributed by atoms with Crippen molar-refractivity contribution in [2.24, 2.45) is 0 Å². The normalized spacial score (nSPS) is 10.7. The SMILES string of the molecule is Cc1ccc(CNC(=O)/C=C/c2ccccc2Br)cc1. The predicted octanol–water partition coefficient (Wildman–Crippen LogP) is 4.09. The van der Waals surface area contributed by atoms with Gasteiger partial charge in [0.25, 0.3) is 0 Å². The van der Waals surface area contributed by atoms with E-state index in [2.05, 4.69) is 21.2 Å². The third kappa shape index (κ3) is 4.35. The summed E-state index contributed by atoms with van der Waals surface area (Å²) < 4.78 is 0.975. The Hall–Kier alpha value is -1.87. The van der Waals surface area contributed by atoms with Crippen molar-refractivity contribution in [3.05, 3.63) is 75.8 Å². The maximum atomic E-state index is 11.8. The fraction of sp³-hybridized carbons (Fsp3) is 0.118. The van der Waals surface area contributed by atoms with Gasteiger partial charge < -0.3 is 5.32 Å². The molecular weight excluding hydrogens is 314 g/mol. The summed E-state index contributed by atoms with van der Waals surface area (Å²) in [6, 6.07) is 15.9. The van der Waals surface area contributed by atoms with Crippen LogP contribution in [0, 0.1) is 6.92 Å². The van der Waals surface area contributed by atoms with Gasteiger partial charge >= 0.3 is 0 Å². The van der Waals surface area contributed by atoms with E-state index in [-0.39, 0.29) is 5.91 Å². The minimum absolute atomic E-state index is 0.0960. The highest BCUT2D eigenvalue weighted by atomic mass is 79.9. The molecule has 0 atom stereocenters. The lowest BCUT2D eigenvalue weighted by atomic mass is 10.1. The Morgan fingerprint density at radius 3 is 2.55 bits per heavy atom. The Morgan fingerprint density at radius 1 is 1.15 bits per heavy atom. The number of rotatable bonds is 4. The summed E-state index contributed by atoms with van der Waals surface area (Å²) in [6.45, 7) is 2.59. The van der Waals surface area contributed by atoms with Crippen LogP contribution in [0.25, 0.3) is 6.08 Å². The first-order valence-electron chi connectivity index (χ1n) is 6.41. The Labute approximate surface area is 127 Å². The van der Waals surface area contributed by atoms with E-state index < -0.39 is 0 Å². The molecule has 2 nitrogen and oxygen atoms in total. The van der Waals surface area contributed by atoms with Gasteiger partial charge in [-0.05, 0) is 30.2 Å². The van der Waals surface area contributed by atoms with Crippen molar-refractivity contribution in [1.82, 2.24) is 5.32 Å². The molecule has 102 valence electrons. The van der Waals surface area contributed by atoms with Gasteiger partial charge in [-0.15, -0.1) is 0 Å². The maximum absolute atomic E-state index is 11.8. The molecule has 0 unspecified atom stereocenters. The molecule has 1 N–H and O–H groups in total. The monoisotopic (exact) mass is 329 g/mol. The predicted molar refractivity (Wildman–Crippen MR) is 86.2 cm³/mol. The smallest absolute Gasteiger partial charge is 0.244 e. The van der Waals surface area contributed by atoms with Gasteiger partial charge in [0, 0.05) is 17.1 Å². The molecule has 3 heteroatoms. The molecule has 0 aliphatic heterocycles. The van der Waals surface area contributed by atoms with Crippen LogP contribution in [0.15, 0.2) is 59.1 Å². The Morgan fingerprint density at radius 2 is 1.85 bits per heavy atom. The summed E-state index contributed by atoms with van der Waals surface area (Å²) in [5.41, 5.74) is 3.30. The van der Waals surface area contributed by atoms with Gasteiger partial charge in [0.05, 0.1) is 0 Å². The summed E-state index contributed by atoms with van der Waals surface area (Å²) in [5, 5.41) is 2.87. The fourth-order valence-electron chi connectivity index (χ4n) is 1.73. The summed E-state index contributed by atoms with van der Waals surface area (Å²) in [7, 11) is 0.